The van der Waals surface area contributed by atoms with E-state index in [1.54, 1.807) is 0 Å². The summed E-state index contributed by atoms with van der Waals surface area (Å²) in [6.45, 7) is -0.744. The number of benzene rings is 2. The maximum absolute atomic E-state index is 13.4. The van der Waals surface area contributed by atoms with E-state index in [2.05, 4.69) is 0 Å². The van der Waals surface area contributed by atoms with Gasteiger partial charge in [-0.2, -0.15) is 0 Å². The average Bonchev–Trinajstić information content (AvgIpc) is 2.86. The first kappa shape index (κ1) is 21.6. The molecule has 4 aliphatic rings. The fourth-order valence-corrected chi connectivity index (χ4v) is 4.24. The minimum Gasteiger partial charge on any atom is -0.503 e. The van der Waals surface area contributed by atoms with Gasteiger partial charge in [0.05, 0.1) is 6.61 Å². The van der Waals surface area contributed by atoms with Crippen LogP contribution in [-0.2, 0) is 4.74 Å². The van der Waals surface area contributed by atoms with Gasteiger partial charge in [0.1, 0.15) is 46.2 Å². The van der Waals surface area contributed by atoms with Crippen molar-refractivity contribution in [3.8, 4) is 23.2 Å². The number of ether oxygens (including phenoxy) is 2. The quantitative estimate of drug-likeness (QED) is 0.234. The first-order valence-corrected chi connectivity index (χ1v) is 10.3. The molecule has 5 atom stereocenters. The predicted octanol–water partition coefficient (Wildman–Crippen LogP) is -0.377. The third-order valence-electron chi connectivity index (χ3n) is 6.03. The van der Waals surface area contributed by atoms with Crippen molar-refractivity contribution < 1.29 is 53.6 Å². The zero-order chi connectivity index (χ0) is 24.6. The lowest BCUT2D eigenvalue weighted by Crippen LogP contribution is -2.60. The highest BCUT2D eigenvalue weighted by atomic mass is 17.2. The Morgan fingerprint density at radius 2 is 1.63 bits per heavy atom. The van der Waals surface area contributed by atoms with Gasteiger partial charge in [0.15, 0.2) is 17.1 Å². The number of fused-ring (bicyclic) bond motifs is 1. The minimum atomic E-state index is -1.87. The van der Waals surface area contributed by atoms with Crippen LogP contribution >= 0.6 is 0 Å². The number of aromatic hydroxyl groups is 1. The molecule has 4 aromatic heterocycles. The first-order chi connectivity index (χ1) is 16.8. The van der Waals surface area contributed by atoms with Crippen molar-refractivity contribution in [2.75, 3.05) is 6.61 Å². The molecular weight excluding hydrogens is 472 g/mol. The lowest BCUT2D eigenvalue weighted by Gasteiger charge is -2.39. The van der Waals surface area contributed by atoms with Crippen molar-refractivity contribution in [1.82, 2.24) is 0 Å². The molecule has 6 aromatic rings. The Hall–Kier alpha value is -3.88. The van der Waals surface area contributed by atoms with Gasteiger partial charge < -0.3 is 43.8 Å². The molecule has 0 aliphatic carbocycles. The van der Waals surface area contributed by atoms with Gasteiger partial charge in [-0.3, -0.25) is 9.68 Å². The molecule has 8 bridgehead atoms. The molecule has 4 aliphatic heterocycles. The number of phenols is 1. The summed E-state index contributed by atoms with van der Waals surface area (Å²) in [4.78, 5) is 37.0. The van der Waals surface area contributed by atoms with Gasteiger partial charge in [0.2, 0.25) is 11.7 Å². The smallest absolute Gasteiger partial charge is 0.351 e. The van der Waals surface area contributed by atoms with Crippen LogP contribution in [-0.4, -0.2) is 62.8 Å². The van der Waals surface area contributed by atoms with Crippen LogP contribution < -0.4 is 25.6 Å². The fraction of sp³-hybridized carbons (Fsp3) is 0.273. The standard InChI is InChI=1S/C22H16O13/c23-5-8-12(24)15(27)16(28)22(31-8)33-18-11-17-10-13(25)9(21(32-17)35-34-19(18)14(10)26)6-1-3-7(4-2-6)30-20(11)29/h1-4,8,12,15-16,22-24,26-28H,5H2/t8?,12-,15?,16?,22+/m1/s1. The van der Waals surface area contributed by atoms with E-state index in [9.17, 15) is 35.1 Å². The molecule has 182 valence electrons. The second kappa shape index (κ2) is 7.56. The van der Waals surface area contributed by atoms with E-state index in [0.717, 1.165) is 0 Å². The predicted molar refractivity (Wildman–Crippen MR) is 113 cm³/mol. The molecule has 0 spiro atoms. The molecule has 13 nitrogen and oxygen atoms in total. The molecule has 0 saturated carbocycles. The van der Waals surface area contributed by atoms with Crippen LogP contribution in [0.1, 0.15) is 0 Å². The molecule has 2 aromatic carbocycles. The van der Waals surface area contributed by atoms with Gasteiger partial charge in [-0.15, -0.1) is 0 Å². The Bertz CT molecular complexity index is 1600. The fourth-order valence-electron chi connectivity index (χ4n) is 4.24. The Morgan fingerprint density at radius 1 is 0.886 bits per heavy atom. The average molecular weight is 488 g/mol. The molecule has 3 unspecified atom stereocenters. The summed E-state index contributed by atoms with van der Waals surface area (Å²) in [5.41, 5.74) is -2.16. The maximum atomic E-state index is 13.4. The van der Waals surface area contributed by atoms with E-state index in [1.165, 1.54) is 24.3 Å². The number of hydrogen-bond donors (Lipinski definition) is 5. The highest BCUT2D eigenvalue weighted by Crippen LogP contribution is 2.49. The molecule has 13 heteroatoms. The lowest BCUT2D eigenvalue weighted by molar-refractivity contribution is -0.278. The van der Waals surface area contributed by atoms with Crippen molar-refractivity contribution in [2.24, 2.45) is 0 Å². The number of rotatable bonds is 3. The van der Waals surface area contributed by atoms with Crippen molar-refractivity contribution in [3.63, 3.8) is 0 Å². The summed E-state index contributed by atoms with van der Waals surface area (Å²) in [6.07, 6.45) is -8.47. The molecule has 0 radical (unpaired) electrons. The van der Waals surface area contributed by atoms with Crippen LogP contribution in [0.4, 0.5) is 0 Å². The van der Waals surface area contributed by atoms with Crippen molar-refractivity contribution in [3.05, 3.63) is 44.9 Å². The van der Waals surface area contributed by atoms with E-state index in [1.807, 2.05) is 0 Å². The summed E-state index contributed by atoms with van der Waals surface area (Å²) in [6, 6.07) is 5.81. The molecular formula is C22H16O13. The zero-order valence-electron chi connectivity index (χ0n) is 17.4. The van der Waals surface area contributed by atoms with E-state index >= 15 is 0 Å². The third kappa shape index (κ3) is 3.00. The van der Waals surface area contributed by atoms with Crippen LogP contribution in [0, 0.1) is 0 Å². The second-order valence-electron chi connectivity index (χ2n) is 8.08. The number of aliphatic hydroxyl groups excluding tert-OH is 4. The maximum Gasteiger partial charge on any atom is 0.351 e. The van der Waals surface area contributed by atoms with E-state index in [4.69, 9.17) is 28.1 Å². The summed E-state index contributed by atoms with van der Waals surface area (Å²) < 4.78 is 22.0. The SMILES string of the molecule is O=c1oc2ccc(cc2)c2c(=O)c3c(O)c4ooc2oc3c1c4O[C@@H]1OC(CO)[C@@H](O)C(O)C1O. The van der Waals surface area contributed by atoms with Gasteiger partial charge in [-0.1, -0.05) is 12.1 Å². The van der Waals surface area contributed by atoms with Gasteiger partial charge in [0.25, 0.3) is 5.75 Å². The Morgan fingerprint density at radius 3 is 2.34 bits per heavy atom. The molecule has 1 fully saturated rings. The highest BCUT2D eigenvalue weighted by Gasteiger charge is 2.46. The molecule has 10 rings (SSSR count). The van der Waals surface area contributed by atoms with Gasteiger partial charge in [-0.25, -0.2) is 9.68 Å². The van der Waals surface area contributed by atoms with Crippen LogP contribution in [0.5, 0.6) is 23.2 Å². The van der Waals surface area contributed by atoms with Crippen LogP contribution in [0.15, 0.2) is 42.7 Å². The molecule has 0 amide bonds. The lowest BCUT2D eigenvalue weighted by atomic mass is 9.99. The molecule has 1 saturated heterocycles. The zero-order valence-corrected chi connectivity index (χ0v) is 17.4. The largest absolute Gasteiger partial charge is 0.503 e. The van der Waals surface area contributed by atoms with E-state index < -0.39 is 87.9 Å². The van der Waals surface area contributed by atoms with Gasteiger partial charge in [-0.05, 0) is 17.5 Å². The Kier molecular flexibility index (Phi) is 4.67. The minimum absolute atomic E-state index is 0.0760. The topological polar surface area (TPSA) is 198 Å². The van der Waals surface area contributed by atoms with E-state index in [0.29, 0.717) is 5.39 Å². The number of phenolic OH excluding ortho intramolecular Hbond substituents is 1. The molecule has 5 N–H and O–H groups in total. The van der Waals surface area contributed by atoms with Crippen LogP contribution in [0.2, 0.25) is 0 Å². The third-order valence-corrected chi connectivity index (χ3v) is 6.03. The Labute approximate surface area is 192 Å². The van der Waals surface area contributed by atoms with Gasteiger partial charge in [0, 0.05) is 0 Å². The highest BCUT2D eigenvalue weighted by molar-refractivity contribution is 6.07. The summed E-state index contributed by atoms with van der Waals surface area (Å²) in [7, 11) is 0. The van der Waals surface area contributed by atoms with Crippen molar-refractivity contribution in [1.29, 1.82) is 0 Å². The van der Waals surface area contributed by atoms with Crippen molar-refractivity contribution >= 4 is 32.7 Å². The van der Waals surface area contributed by atoms with Crippen LogP contribution in [0.25, 0.3) is 32.7 Å². The first-order valence-electron chi connectivity index (χ1n) is 10.3. The number of hydrogen-bond acceptors (Lipinski definition) is 13. The normalized spacial score (nSPS) is 25.7. The summed E-state index contributed by atoms with van der Waals surface area (Å²) in [5.74, 6) is -2.44. The summed E-state index contributed by atoms with van der Waals surface area (Å²) in [5, 5.41) is 50.2. The second-order valence-corrected chi connectivity index (χ2v) is 8.08. The van der Waals surface area contributed by atoms with Crippen molar-refractivity contribution in [2.45, 2.75) is 30.7 Å². The summed E-state index contributed by atoms with van der Waals surface area (Å²) >= 11 is 0. The number of aliphatic hydroxyl groups is 4. The van der Waals surface area contributed by atoms with Gasteiger partial charge >= 0.3 is 11.6 Å². The molecule has 35 heavy (non-hydrogen) atoms. The van der Waals surface area contributed by atoms with E-state index in [-0.39, 0.29) is 11.0 Å². The Balaban J connectivity index is 1.70. The molecule has 8 heterocycles. The van der Waals surface area contributed by atoms with Crippen LogP contribution in [0.3, 0.4) is 0 Å². The monoisotopic (exact) mass is 488 g/mol.